The van der Waals surface area contributed by atoms with Crippen LogP contribution in [-0.2, 0) is 17.6 Å². The van der Waals surface area contributed by atoms with Gasteiger partial charge in [0.15, 0.2) is 0 Å². The summed E-state index contributed by atoms with van der Waals surface area (Å²) >= 11 is 0. The topological polar surface area (TPSA) is 65.0 Å². The van der Waals surface area contributed by atoms with Crippen LogP contribution < -0.4 is 0 Å². The Kier molecular flexibility index (Phi) is 6.30. The van der Waals surface area contributed by atoms with Crippen molar-refractivity contribution in [3.05, 3.63) is 76.8 Å². The molecule has 5 nitrogen and oxygen atoms in total. The Morgan fingerprint density at radius 1 is 1.07 bits per heavy atom. The standard InChI is InChI=1S/C23H20FN3O2/c1-4-17-9-6-15(13-25-17)7-10-19-21(5-2)26-14-27-22(19)16-8-11-18(20(24)12-16)23(28)29-3/h6,8-9,11-14H,4-5H2,1-3H3. The quantitative estimate of drug-likeness (QED) is 0.499. The first kappa shape index (κ1) is 20.2. The SMILES string of the molecule is CCc1ccc(C#Cc2c(CC)ncnc2-c2ccc(C(=O)OC)c(F)c2)cn1. The molecular weight excluding hydrogens is 369 g/mol. The van der Waals surface area contributed by atoms with Crippen LogP contribution in [0.15, 0.2) is 42.9 Å². The van der Waals surface area contributed by atoms with Crippen LogP contribution in [0.2, 0.25) is 0 Å². The Morgan fingerprint density at radius 2 is 1.90 bits per heavy atom. The van der Waals surface area contributed by atoms with Gasteiger partial charge in [-0.2, -0.15) is 0 Å². The van der Waals surface area contributed by atoms with Crippen molar-refractivity contribution in [2.24, 2.45) is 0 Å². The van der Waals surface area contributed by atoms with Crippen molar-refractivity contribution >= 4 is 5.97 Å². The van der Waals surface area contributed by atoms with E-state index in [1.165, 1.54) is 25.6 Å². The Hall–Kier alpha value is -3.59. The highest BCUT2D eigenvalue weighted by Crippen LogP contribution is 2.25. The summed E-state index contributed by atoms with van der Waals surface area (Å²) in [5.74, 6) is 4.81. The molecule has 2 heterocycles. The van der Waals surface area contributed by atoms with Crippen molar-refractivity contribution in [2.75, 3.05) is 7.11 Å². The number of nitrogens with zero attached hydrogens (tertiary/aromatic N) is 3. The molecule has 0 bridgehead atoms. The molecule has 6 heteroatoms. The number of rotatable bonds is 4. The van der Waals surface area contributed by atoms with Crippen LogP contribution in [0.3, 0.4) is 0 Å². The number of aromatic nitrogens is 3. The van der Waals surface area contributed by atoms with Crippen molar-refractivity contribution in [3.63, 3.8) is 0 Å². The van der Waals surface area contributed by atoms with Gasteiger partial charge in [0.05, 0.1) is 29.6 Å². The molecule has 0 radical (unpaired) electrons. The molecule has 29 heavy (non-hydrogen) atoms. The fourth-order valence-electron chi connectivity index (χ4n) is 2.82. The molecule has 0 amide bonds. The molecule has 0 aliphatic rings. The molecule has 1 aromatic carbocycles. The van der Waals surface area contributed by atoms with Crippen molar-refractivity contribution in [1.82, 2.24) is 15.0 Å². The van der Waals surface area contributed by atoms with E-state index >= 15 is 0 Å². The number of ether oxygens (including phenoxy) is 1. The smallest absolute Gasteiger partial charge is 0.340 e. The molecule has 0 aliphatic heterocycles. The highest BCUT2D eigenvalue weighted by atomic mass is 19.1. The molecule has 3 aromatic rings. The molecule has 0 spiro atoms. The number of hydrogen-bond acceptors (Lipinski definition) is 5. The average Bonchev–Trinajstić information content (AvgIpc) is 2.77. The van der Waals surface area contributed by atoms with Gasteiger partial charge >= 0.3 is 5.97 Å². The molecule has 3 rings (SSSR count). The van der Waals surface area contributed by atoms with Crippen LogP contribution in [0, 0.1) is 17.7 Å². The van der Waals surface area contributed by atoms with Crippen LogP contribution in [0.25, 0.3) is 11.3 Å². The number of carbonyl (C=O) groups excluding carboxylic acids is 1. The zero-order valence-electron chi connectivity index (χ0n) is 16.5. The highest BCUT2D eigenvalue weighted by molar-refractivity contribution is 5.90. The van der Waals surface area contributed by atoms with Gasteiger partial charge in [0.25, 0.3) is 0 Å². The lowest BCUT2D eigenvalue weighted by molar-refractivity contribution is 0.0595. The maximum Gasteiger partial charge on any atom is 0.340 e. The molecule has 0 saturated heterocycles. The summed E-state index contributed by atoms with van der Waals surface area (Å²) in [5, 5.41) is 0. The average molecular weight is 389 g/mol. The molecular formula is C23H20FN3O2. The van der Waals surface area contributed by atoms with E-state index in [9.17, 15) is 9.18 Å². The van der Waals surface area contributed by atoms with Gasteiger partial charge in [-0.3, -0.25) is 4.98 Å². The van der Waals surface area contributed by atoms with E-state index in [1.54, 1.807) is 12.3 Å². The lowest BCUT2D eigenvalue weighted by atomic mass is 10.0. The molecule has 2 aromatic heterocycles. The lowest BCUT2D eigenvalue weighted by Crippen LogP contribution is -2.05. The first-order valence-corrected chi connectivity index (χ1v) is 9.26. The van der Waals surface area contributed by atoms with E-state index in [4.69, 9.17) is 0 Å². The molecule has 0 atom stereocenters. The fraction of sp³-hybridized carbons (Fsp3) is 0.217. The van der Waals surface area contributed by atoms with Gasteiger partial charge in [0.2, 0.25) is 0 Å². The minimum atomic E-state index is -0.728. The second-order valence-corrected chi connectivity index (χ2v) is 6.23. The van der Waals surface area contributed by atoms with Crippen molar-refractivity contribution in [2.45, 2.75) is 26.7 Å². The largest absolute Gasteiger partial charge is 0.465 e. The van der Waals surface area contributed by atoms with Crippen LogP contribution in [0.5, 0.6) is 0 Å². The summed E-state index contributed by atoms with van der Waals surface area (Å²) < 4.78 is 19.0. The van der Waals surface area contributed by atoms with Gasteiger partial charge in [-0.1, -0.05) is 31.8 Å². The van der Waals surface area contributed by atoms with Crippen LogP contribution in [0.1, 0.15) is 46.7 Å². The molecule has 0 fully saturated rings. The highest BCUT2D eigenvalue weighted by Gasteiger charge is 2.16. The van der Waals surface area contributed by atoms with E-state index < -0.39 is 11.8 Å². The number of methoxy groups -OCH3 is 1. The zero-order chi connectivity index (χ0) is 20.8. The third kappa shape index (κ3) is 4.46. The normalized spacial score (nSPS) is 10.2. The second kappa shape index (κ2) is 9.07. The van der Waals surface area contributed by atoms with Crippen LogP contribution in [0.4, 0.5) is 4.39 Å². The van der Waals surface area contributed by atoms with Crippen LogP contribution >= 0.6 is 0 Å². The van der Waals surface area contributed by atoms with Gasteiger partial charge in [-0.15, -0.1) is 0 Å². The van der Waals surface area contributed by atoms with Crippen molar-refractivity contribution in [3.8, 4) is 23.1 Å². The summed E-state index contributed by atoms with van der Waals surface area (Å²) in [6.07, 6.45) is 4.67. The predicted octanol–water partition coefficient (Wildman–Crippen LogP) is 3.99. The minimum Gasteiger partial charge on any atom is -0.465 e. The van der Waals surface area contributed by atoms with E-state index in [1.807, 2.05) is 26.0 Å². The molecule has 0 saturated carbocycles. The number of aryl methyl sites for hydroxylation is 2. The minimum absolute atomic E-state index is 0.129. The van der Waals surface area contributed by atoms with E-state index in [2.05, 4.69) is 31.5 Å². The fourth-order valence-corrected chi connectivity index (χ4v) is 2.82. The third-order valence-electron chi connectivity index (χ3n) is 4.43. The zero-order valence-corrected chi connectivity index (χ0v) is 16.5. The number of halogens is 1. The lowest BCUT2D eigenvalue weighted by Gasteiger charge is -2.09. The Labute approximate surface area is 169 Å². The summed E-state index contributed by atoms with van der Waals surface area (Å²) in [4.78, 5) is 24.6. The number of esters is 1. The van der Waals surface area contributed by atoms with Gasteiger partial charge in [-0.25, -0.2) is 19.2 Å². The van der Waals surface area contributed by atoms with Gasteiger partial charge < -0.3 is 4.74 Å². The monoisotopic (exact) mass is 389 g/mol. The van der Waals surface area contributed by atoms with E-state index in [-0.39, 0.29) is 5.56 Å². The summed E-state index contributed by atoms with van der Waals surface area (Å²) in [7, 11) is 1.21. The Morgan fingerprint density at radius 3 is 2.52 bits per heavy atom. The van der Waals surface area contributed by atoms with Gasteiger partial charge in [0, 0.05) is 23.0 Å². The first-order valence-electron chi connectivity index (χ1n) is 9.26. The maximum atomic E-state index is 14.4. The van der Waals surface area contributed by atoms with Gasteiger partial charge in [-0.05, 0) is 37.1 Å². The van der Waals surface area contributed by atoms with Crippen molar-refractivity contribution < 1.29 is 13.9 Å². The molecule has 146 valence electrons. The Bertz CT molecular complexity index is 1100. The molecule has 0 aliphatic carbocycles. The summed E-state index contributed by atoms with van der Waals surface area (Å²) in [6, 6.07) is 8.12. The maximum absolute atomic E-state index is 14.4. The Balaban J connectivity index is 2.06. The number of hydrogen-bond donors (Lipinski definition) is 0. The van der Waals surface area contributed by atoms with Gasteiger partial charge in [0.1, 0.15) is 12.1 Å². The molecule has 0 N–H and O–H groups in total. The van der Waals surface area contributed by atoms with E-state index in [0.29, 0.717) is 23.2 Å². The summed E-state index contributed by atoms with van der Waals surface area (Å²) in [5.41, 5.74) is 4.04. The number of pyridine rings is 1. The van der Waals surface area contributed by atoms with E-state index in [0.717, 1.165) is 23.4 Å². The first-order chi connectivity index (χ1) is 14.1. The predicted molar refractivity (Wildman–Crippen MR) is 108 cm³/mol. The number of benzene rings is 1. The second-order valence-electron chi connectivity index (χ2n) is 6.23. The molecule has 0 unspecified atom stereocenters. The van der Waals surface area contributed by atoms with Crippen LogP contribution in [-0.4, -0.2) is 28.0 Å². The third-order valence-corrected chi connectivity index (χ3v) is 4.43. The number of carbonyl (C=O) groups is 1. The summed E-state index contributed by atoms with van der Waals surface area (Å²) in [6.45, 7) is 4.01. The van der Waals surface area contributed by atoms with Crippen molar-refractivity contribution in [1.29, 1.82) is 0 Å².